The summed E-state index contributed by atoms with van der Waals surface area (Å²) in [4.78, 5) is 22.4. The van der Waals surface area contributed by atoms with Crippen molar-refractivity contribution >= 4 is 29.0 Å². The number of carbonyl (C=O) groups is 1. The normalized spacial score (nSPS) is 15.3. The Morgan fingerprint density at radius 3 is 2.37 bits per heavy atom. The molecule has 2 aromatic rings. The van der Waals surface area contributed by atoms with E-state index in [0.717, 1.165) is 37.8 Å². The van der Waals surface area contributed by atoms with Gasteiger partial charge < -0.3 is 10.2 Å². The van der Waals surface area contributed by atoms with Crippen molar-refractivity contribution in [3.63, 3.8) is 0 Å². The van der Waals surface area contributed by atoms with Crippen LogP contribution in [0.25, 0.3) is 0 Å². The fourth-order valence-corrected chi connectivity index (χ4v) is 3.13. The van der Waals surface area contributed by atoms with E-state index in [1.54, 1.807) is 4.90 Å². The lowest BCUT2D eigenvalue weighted by Gasteiger charge is -2.19. The van der Waals surface area contributed by atoms with Crippen LogP contribution in [0.5, 0.6) is 0 Å². The second kappa shape index (κ2) is 8.12. The molecule has 5 nitrogen and oxygen atoms in total. The van der Waals surface area contributed by atoms with Gasteiger partial charge in [0.25, 0.3) is 5.91 Å². The first kappa shape index (κ1) is 19.4. The highest BCUT2D eigenvalue weighted by molar-refractivity contribution is 6.31. The van der Waals surface area contributed by atoms with Crippen LogP contribution >= 0.6 is 11.6 Å². The number of halogens is 4. The van der Waals surface area contributed by atoms with Gasteiger partial charge in [-0.15, -0.1) is 0 Å². The van der Waals surface area contributed by atoms with Crippen LogP contribution in [-0.2, 0) is 6.18 Å². The predicted octanol–water partition coefficient (Wildman–Crippen LogP) is 4.91. The maximum absolute atomic E-state index is 12.9. The Kier molecular flexibility index (Phi) is 5.84. The number of anilines is 2. The lowest BCUT2D eigenvalue weighted by Crippen LogP contribution is -2.32. The second-order valence-corrected chi connectivity index (χ2v) is 6.72. The molecule has 0 bridgehead atoms. The minimum Gasteiger partial charge on any atom is -0.339 e. The van der Waals surface area contributed by atoms with Crippen LogP contribution in [0.3, 0.4) is 0 Å². The van der Waals surface area contributed by atoms with Gasteiger partial charge in [0.05, 0.1) is 23.0 Å². The van der Waals surface area contributed by atoms with Crippen molar-refractivity contribution in [2.24, 2.45) is 0 Å². The van der Waals surface area contributed by atoms with Gasteiger partial charge in [-0.05, 0) is 31.0 Å². The third kappa shape index (κ3) is 4.88. The molecule has 3 rings (SSSR count). The highest BCUT2D eigenvalue weighted by atomic mass is 35.5. The lowest BCUT2D eigenvalue weighted by atomic mass is 10.2. The van der Waals surface area contributed by atoms with Crippen LogP contribution in [0.1, 0.15) is 41.7 Å². The monoisotopic (exact) mass is 398 g/mol. The van der Waals surface area contributed by atoms with Gasteiger partial charge in [0, 0.05) is 18.8 Å². The highest BCUT2D eigenvalue weighted by Gasteiger charge is 2.33. The van der Waals surface area contributed by atoms with Gasteiger partial charge in [-0.25, -0.2) is 9.97 Å². The Morgan fingerprint density at radius 2 is 1.78 bits per heavy atom. The number of hydrogen-bond acceptors (Lipinski definition) is 4. The number of likely N-dealkylation sites (tertiary alicyclic amines) is 1. The Hall–Kier alpha value is -2.35. The number of nitrogens with one attached hydrogen (secondary N) is 1. The summed E-state index contributed by atoms with van der Waals surface area (Å²) in [5.74, 6) is 0.0552. The maximum Gasteiger partial charge on any atom is 0.417 e. The average molecular weight is 399 g/mol. The number of benzene rings is 1. The maximum atomic E-state index is 12.9. The lowest BCUT2D eigenvalue weighted by molar-refractivity contribution is -0.137. The SMILES string of the molecule is O=C(c1cnc(Nc2ccc(Cl)c(C(F)(F)F)c2)cn1)N1CCCCCC1. The largest absolute Gasteiger partial charge is 0.417 e. The molecule has 1 aliphatic heterocycles. The summed E-state index contributed by atoms with van der Waals surface area (Å²) < 4.78 is 38.8. The zero-order chi connectivity index (χ0) is 19.4. The van der Waals surface area contributed by atoms with Crippen LogP contribution in [0.15, 0.2) is 30.6 Å². The van der Waals surface area contributed by atoms with E-state index in [1.807, 2.05) is 0 Å². The van der Waals surface area contributed by atoms with E-state index in [2.05, 4.69) is 15.3 Å². The molecule has 1 aromatic carbocycles. The smallest absolute Gasteiger partial charge is 0.339 e. The van der Waals surface area contributed by atoms with Gasteiger partial charge in [-0.2, -0.15) is 13.2 Å². The van der Waals surface area contributed by atoms with E-state index >= 15 is 0 Å². The van der Waals surface area contributed by atoms with Crippen molar-refractivity contribution in [2.75, 3.05) is 18.4 Å². The molecule has 27 heavy (non-hydrogen) atoms. The van der Waals surface area contributed by atoms with E-state index in [9.17, 15) is 18.0 Å². The fraction of sp³-hybridized carbons (Fsp3) is 0.389. The summed E-state index contributed by atoms with van der Waals surface area (Å²) in [5.41, 5.74) is -0.544. The minimum absolute atomic E-state index is 0.174. The molecule has 0 aliphatic carbocycles. The van der Waals surface area contributed by atoms with Crippen molar-refractivity contribution in [3.05, 3.63) is 46.9 Å². The van der Waals surface area contributed by atoms with E-state index in [4.69, 9.17) is 11.6 Å². The third-order valence-electron chi connectivity index (χ3n) is 4.31. The summed E-state index contributed by atoms with van der Waals surface area (Å²) in [5, 5.41) is 2.36. The number of aromatic nitrogens is 2. The molecule has 0 saturated carbocycles. The molecule has 1 saturated heterocycles. The molecule has 2 heterocycles. The fourth-order valence-electron chi connectivity index (χ4n) is 2.91. The number of amides is 1. The number of nitrogens with zero attached hydrogens (tertiary/aromatic N) is 3. The first-order chi connectivity index (χ1) is 12.8. The van der Waals surface area contributed by atoms with Gasteiger partial charge in [-0.3, -0.25) is 4.79 Å². The number of rotatable bonds is 3. The zero-order valence-electron chi connectivity index (χ0n) is 14.4. The number of carbonyl (C=O) groups excluding carboxylic acids is 1. The Labute approximate surface area is 159 Å². The van der Waals surface area contributed by atoms with Crippen LogP contribution < -0.4 is 5.32 Å². The predicted molar refractivity (Wildman–Crippen MR) is 96.1 cm³/mol. The Morgan fingerprint density at radius 1 is 1.07 bits per heavy atom. The van der Waals surface area contributed by atoms with Crippen LogP contribution in [-0.4, -0.2) is 33.9 Å². The van der Waals surface area contributed by atoms with Crippen LogP contribution in [0, 0.1) is 0 Å². The molecule has 1 aliphatic rings. The first-order valence-electron chi connectivity index (χ1n) is 8.60. The molecule has 9 heteroatoms. The zero-order valence-corrected chi connectivity index (χ0v) is 15.1. The topological polar surface area (TPSA) is 58.1 Å². The molecule has 0 spiro atoms. The highest BCUT2D eigenvalue weighted by Crippen LogP contribution is 2.36. The molecule has 0 unspecified atom stereocenters. The molecule has 1 fully saturated rings. The average Bonchev–Trinajstić information content (AvgIpc) is 2.92. The Balaban J connectivity index is 1.71. The molecular weight excluding hydrogens is 381 g/mol. The summed E-state index contributed by atoms with van der Waals surface area (Å²) in [6.07, 6.45) is 2.26. The van der Waals surface area contributed by atoms with Crippen molar-refractivity contribution in [1.29, 1.82) is 0 Å². The molecule has 144 valence electrons. The molecule has 1 N–H and O–H groups in total. The van der Waals surface area contributed by atoms with Crippen molar-refractivity contribution in [3.8, 4) is 0 Å². The molecule has 1 aromatic heterocycles. The van der Waals surface area contributed by atoms with Gasteiger partial charge in [0.15, 0.2) is 0 Å². The summed E-state index contributed by atoms with van der Waals surface area (Å²) >= 11 is 5.61. The van der Waals surface area contributed by atoms with E-state index in [0.29, 0.717) is 13.1 Å². The van der Waals surface area contributed by atoms with E-state index in [1.165, 1.54) is 18.5 Å². The van der Waals surface area contributed by atoms with Crippen LogP contribution in [0.4, 0.5) is 24.7 Å². The van der Waals surface area contributed by atoms with Crippen molar-refractivity contribution in [1.82, 2.24) is 14.9 Å². The first-order valence-corrected chi connectivity index (χ1v) is 8.97. The van der Waals surface area contributed by atoms with Gasteiger partial charge in [0.2, 0.25) is 0 Å². The molecular formula is C18H18ClF3N4O. The summed E-state index contributed by atoms with van der Waals surface area (Å²) in [6, 6.07) is 3.48. The molecule has 0 atom stereocenters. The standard InChI is InChI=1S/C18H18ClF3N4O/c19-14-6-5-12(9-13(14)18(20,21)22)25-16-11-23-15(10-24-16)17(27)26-7-3-1-2-4-8-26/h5-6,9-11H,1-4,7-8H2,(H,24,25). The Bertz CT molecular complexity index is 803. The molecule has 1 amide bonds. The minimum atomic E-state index is -4.55. The van der Waals surface area contributed by atoms with Crippen LogP contribution in [0.2, 0.25) is 5.02 Å². The van der Waals surface area contributed by atoms with Gasteiger partial charge in [-0.1, -0.05) is 24.4 Å². The van der Waals surface area contributed by atoms with Gasteiger partial charge >= 0.3 is 6.18 Å². The van der Waals surface area contributed by atoms with E-state index < -0.39 is 11.7 Å². The van der Waals surface area contributed by atoms with Crippen molar-refractivity contribution in [2.45, 2.75) is 31.9 Å². The van der Waals surface area contributed by atoms with Crippen molar-refractivity contribution < 1.29 is 18.0 Å². The number of hydrogen-bond donors (Lipinski definition) is 1. The third-order valence-corrected chi connectivity index (χ3v) is 4.64. The quantitative estimate of drug-likeness (QED) is 0.798. The van der Waals surface area contributed by atoms with Gasteiger partial charge in [0.1, 0.15) is 11.5 Å². The van der Waals surface area contributed by atoms with E-state index in [-0.39, 0.29) is 28.1 Å². The number of alkyl halides is 3. The summed E-state index contributed by atoms with van der Waals surface area (Å²) in [7, 11) is 0. The molecule has 0 radical (unpaired) electrons. The second-order valence-electron chi connectivity index (χ2n) is 6.31. The summed E-state index contributed by atoms with van der Waals surface area (Å²) in [6.45, 7) is 1.40.